The van der Waals surface area contributed by atoms with Gasteiger partial charge in [0.1, 0.15) is 15.9 Å². The molecule has 0 amide bonds. The molecule has 78 valence electrons. The van der Waals surface area contributed by atoms with E-state index in [0.717, 1.165) is 6.26 Å². The maximum absolute atomic E-state index is 10.8. The van der Waals surface area contributed by atoms with Crippen LogP contribution in [0.1, 0.15) is 18.3 Å². The standard InChI is InChI=1S/C8H12N2O3S/c1-14(12,13)6-3-7(11)8-9-4-2-5-10-8/h2,4-5,7,11H,3,6H2,1H3. The molecular formula is C8H12N2O3S. The second-order valence-electron chi connectivity index (χ2n) is 3.04. The Morgan fingerprint density at radius 2 is 2.00 bits per heavy atom. The Hall–Kier alpha value is -1.01. The van der Waals surface area contributed by atoms with Gasteiger partial charge in [0.2, 0.25) is 0 Å². The lowest BCUT2D eigenvalue weighted by Crippen LogP contribution is -2.10. The summed E-state index contributed by atoms with van der Waals surface area (Å²) < 4.78 is 21.6. The molecule has 0 radical (unpaired) electrons. The van der Waals surface area contributed by atoms with E-state index in [1.807, 2.05) is 0 Å². The molecule has 1 aromatic heterocycles. The molecule has 6 heteroatoms. The first kappa shape index (κ1) is 11.1. The number of aliphatic hydroxyl groups excluding tert-OH is 1. The molecule has 1 aromatic rings. The Morgan fingerprint density at radius 3 is 2.50 bits per heavy atom. The summed E-state index contributed by atoms with van der Waals surface area (Å²) >= 11 is 0. The highest BCUT2D eigenvalue weighted by Crippen LogP contribution is 2.11. The van der Waals surface area contributed by atoms with Crippen molar-refractivity contribution in [3.63, 3.8) is 0 Å². The lowest BCUT2D eigenvalue weighted by Gasteiger charge is -2.06. The van der Waals surface area contributed by atoms with E-state index in [9.17, 15) is 13.5 Å². The summed E-state index contributed by atoms with van der Waals surface area (Å²) in [4.78, 5) is 7.65. The van der Waals surface area contributed by atoms with Gasteiger partial charge in [-0.3, -0.25) is 0 Å². The molecule has 0 spiro atoms. The number of hydrogen-bond acceptors (Lipinski definition) is 5. The number of aliphatic hydroxyl groups is 1. The fourth-order valence-corrected chi connectivity index (χ4v) is 1.59. The predicted octanol–water partition coefficient (Wildman–Crippen LogP) is -0.0553. The summed E-state index contributed by atoms with van der Waals surface area (Å²) in [7, 11) is -3.04. The second kappa shape index (κ2) is 4.47. The molecule has 1 unspecified atom stereocenters. The van der Waals surface area contributed by atoms with Crippen LogP contribution in [0.3, 0.4) is 0 Å². The van der Waals surface area contributed by atoms with Gasteiger partial charge in [0.25, 0.3) is 0 Å². The van der Waals surface area contributed by atoms with Gasteiger partial charge < -0.3 is 5.11 Å². The Bertz CT molecular complexity index is 377. The highest BCUT2D eigenvalue weighted by atomic mass is 32.2. The maximum Gasteiger partial charge on any atom is 0.156 e. The van der Waals surface area contributed by atoms with Crippen LogP contribution in [0.5, 0.6) is 0 Å². The van der Waals surface area contributed by atoms with Gasteiger partial charge in [-0.2, -0.15) is 0 Å². The van der Waals surface area contributed by atoms with Crippen molar-refractivity contribution in [3.8, 4) is 0 Å². The van der Waals surface area contributed by atoms with Crippen LogP contribution in [0.4, 0.5) is 0 Å². The molecule has 0 fully saturated rings. The Balaban J connectivity index is 2.56. The molecule has 1 atom stereocenters. The quantitative estimate of drug-likeness (QED) is 0.763. The van der Waals surface area contributed by atoms with Crippen molar-refractivity contribution in [2.24, 2.45) is 0 Å². The van der Waals surface area contributed by atoms with E-state index >= 15 is 0 Å². The normalized spacial score (nSPS) is 13.9. The van der Waals surface area contributed by atoms with Gasteiger partial charge in [-0.15, -0.1) is 0 Å². The smallest absolute Gasteiger partial charge is 0.156 e. The molecule has 0 aliphatic carbocycles. The second-order valence-corrected chi connectivity index (χ2v) is 5.30. The minimum Gasteiger partial charge on any atom is -0.385 e. The zero-order valence-corrected chi connectivity index (χ0v) is 8.61. The first-order chi connectivity index (χ1) is 6.49. The first-order valence-corrected chi connectivity index (χ1v) is 6.18. The zero-order valence-electron chi connectivity index (χ0n) is 7.79. The maximum atomic E-state index is 10.8. The Labute approximate surface area is 82.8 Å². The van der Waals surface area contributed by atoms with Crippen molar-refractivity contribution in [2.45, 2.75) is 12.5 Å². The van der Waals surface area contributed by atoms with Gasteiger partial charge in [0, 0.05) is 18.6 Å². The Kier molecular flexibility index (Phi) is 3.54. The third kappa shape index (κ3) is 3.80. The molecule has 1 rings (SSSR count). The molecule has 14 heavy (non-hydrogen) atoms. The lowest BCUT2D eigenvalue weighted by atomic mass is 10.2. The van der Waals surface area contributed by atoms with Gasteiger partial charge in [-0.05, 0) is 12.5 Å². The fraction of sp³-hybridized carbons (Fsp3) is 0.500. The van der Waals surface area contributed by atoms with Crippen molar-refractivity contribution >= 4 is 9.84 Å². The van der Waals surface area contributed by atoms with Gasteiger partial charge in [-0.25, -0.2) is 18.4 Å². The minimum atomic E-state index is -3.04. The number of nitrogens with zero attached hydrogens (tertiary/aromatic N) is 2. The summed E-state index contributed by atoms with van der Waals surface area (Å²) in [6.07, 6.45) is 3.36. The van der Waals surface area contributed by atoms with E-state index in [2.05, 4.69) is 9.97 Å². The van der Waals surface area contributed by atoms with Gasteiger partial charge >= 0.3 is 0 Å². The summed E-state index contributed by atoms with van der Waals surface area (Å²) in [5, 5.41) is 9.49. The molecule has 0 aliphatic heterocycles. The lowest BCUT2D eigenvalue weighted by molar-refractivity contribution is 0.164. The van der Waals surface area contributed by atoms with Crippen LogP contribution in [0.25, 0.3) is 0 Å². The largest absolute Gasteiger partial charge is 0.385 e. The SMILES string of the molecule is CS(=O)(=O)CCC(O)c1ncccn1. The average molecular weight is 216 g/mol. The van der Waals surface area contributed by atoms with E-state index < -0.39 is 15.9 Å². The summed E-state index contributed by atoms with van der Waals surface area (Å²) in [6.45, 7) is 0. The molecule has 1 heterocycles. The van der Waals surface area contributed by atoms with Gasteiger partial charge in [0.15, 0.2) is 5.82 Å². The fourth-order valence-electron chi connectivity index (χ4n) is 0.938. The highest BCUT2D eigenvalue weighted by molar-refractivity contribution is 7.90. The third-order valence-electron chi connectivity index (χ3n) is 1.65. The number of aromatic nitrogens is 2. The topological polar surface area (TPSA) is 80.2 Å². The average Bonchev–Trinajstić information content (AvgIpc) is 2.14. The van der Waals surface area contributed by atoms with Crippen molar-refractivity contribution < 1.29 is 13.5 Å². The van der Waals surface area contributed by atoms with Crippen molar-refractivity contribution in [1.82, 2.24) is 9.97 Å². The predicted molar refractivity (Wildman–Crippen MR) is 51.3 cm³/mol. The zero-order chi connectivity index (χ0) is 10.6. The molecule has 0 bridgehead atoms. The van der Waals surface area contributed by atoms with E-state index in [0.29, 0.717) is 0 Å². The minimum absolute atomic E-state index is 0.0631. The van der Waals surface area contributed by atoms with Crippen LogP contribution in [-0.2, 0) is 9.84 Å². The van der Waals surface area contributed by atoms with Crippen molar-refractivity contribution in [2.75, 3.05) is 12.0 Å². The van der Waals surface area contributed by atoms with E-state index in [1.54, 1.807) is 6.07 Å². The summed E-state index contributed by atoms with van der Waals surface area (Å²) in [5.41, 5.74) is 0. The molecule has 0 saturated carbocycles. The first-order valence-electron chi connectivity index (χ1n) is 4.12. The summed E-state index contributed by atoms with van der Waals surface area (Å²) in [6, 6.07) is 1.63. The van der Waals surface area contributed by atoms with Gasteiger partial charge in [-0.1, -0.05) is 0 Å². The van der Waals surface area contributed by atoms with E-state index in [4.69, 9.17) is 0 Å². The van der Waals surface area contributed by atoms with E-state index in [1.165, 1.54) is 12.4 Å². The molecule has 1 N–H and O–H groups in total. The van der Waals surface area contributed by atoms with Crippen LogP contribution >= 0.6 is 0 Å². The number of hydrogen-bond donors (Lipinski definition) is 1. The van der Waals surface area contributed by atoms with Crippen LogP contribution in [-0.4, -0.2) is 35.5 Å². The van der Waals surface area contributed by atoms with Gasteiger partial charge in [0.05, 0.1) is 5.75 Å². The van der Waals surface area contributed by atoms with Crippen LogP contribution < -0.4 is 0 Å². The molecular weight excluding hydrogens is 204 g/mol. The van der Waals surface area contributed by atoms with Crippen molar-refractivity contribution in [1.29, 1.82) is 0 Å². The molecule has 0 aliphatic rings. The molecule has 0 saturated heterocycles. The van der Waals surface area contributed by atoms with Crippen LogP contribution in [0.15, 0.2) is 18.5 Å². The highest BCUT2D eigenvalue weighted by Gasteiger charge is 2.12. The summed E-state index contributed by atoms with van der Waals surface area (Å²) in [5.74, 6) is 0.197. The Morgan fingerprint density at radius 1 is 1.43 bits per heavy atom. The van der Waals surface area contributed by atoms with Crippen LogP contribution in [0, 0.1) is 0 Å². The molecule has 5 nitrogen and oxygen atoms in total. The third-order valence-corrected chi connectivity index (χ3v) is 2.62. The monoisotopic (exact) mass is 216 g/mol. The number of sulfone groups is 1. The molecule has 0 aromatic carbocycles. The van der Waals surface area contributed by atoms with Crippen LogP contribution in [0.2, 0.25) is 0 Å². The van der Waals surface area contributed by atoms with Crippen molar-refractivity contribution in [3.05, 3.63) is 24.3 Å². The number of rotatable bonds is 4. The van der Waals surface area contributed by atoms with E-state index in [-0.39, 0.29) is 18.0 Å².